The summed E-state index contributed by atoms with van der Waals surface area (Å²) in [5.74, 6) is 0.486. The third kappa shape index (κ3) is 4.89. The molecule has 0 heterocycles. The molecule has 5 heteroatoms. The standard InChI is InChI=1S/C14H22BrNO2S/c1-4-12(5-2)14(15)10-16-19(17,18)13-8-6-7-11(3)9-13/h6-9,12,14,16H,4-5,10H2,1-3H3. The highest BCUT2D eigenvalue weighted by molar-refractivity contribution is 9.09. The highest BCUT2D eigenvalue weighted by atomic mass is 79.9. The van der Waals surface area contributed by atoms with E-state index in [1.54, 1.807) is 18.2 Å². The van der Waals surface area contributed by atoms with Crippen LogP contribution in [0, 0.1) is 12.8 Å². The Hall–Kier alpha value is -0.390. The Kier molecular flexibility index (Phi) is 6.50. The third-order valence-electron chi connectivity index (χ3n) is 3.33. The van der Waals surface area contributed by atoms with Crippen LogP contribution in [0.4, 0.5) is 0 Å². The van der Waals surface area contributed by atoms with Crippen LogP contribution < -0.4 is 4.72 Å². The second-order valence-corrected chi connectivity index (χ2v) is 7.70. The monoisotopic (exact) mass is 347 g/mol. The number of hydrogen-bond donors (Lipinski definition) is 1. The van der Waals surface area contributed by atoms with Crippen molar-refractivity contribution >= 4 is 26.0 Å². The maximum absolute atomic E-state index is 12.2. The Morgan fingerprint density at radius 1 is 1.26 bits per heavy atom. The SMILES string of the molecule is CCC(CC)C(Br)CNS(=O)(=O)c1cccc(C)c1. The smallest absolute Gasteiger partial charge is 0.210 e. The van der Waals surface area contributed by atoms with Crippen LogP contribution in [0.15, 0.2) is 29.2 Å². The van der Waals surface area contributed by atoms with Crippen LogP contribution in [0.3, 0.4) is 0 Å². The van der Waals surface area contributed by atoms with Gasteiger partial charge in [0.25, 0.3) is 0 Å². The van der Waals surface area contributed by atoms with Crippen molar-refractivity contribution < 1.29 is 8.42 Å². The number of alkyl halides is 1. The number of hydrogen-bond acceptors (Lipinski definition) is 2. The summed E-state index contributed by atoms with van der Waals surface area (Å²) >= 11 is 3.58. The Bertz CT molecular complexity index is 498. The lowest BCUT2D eigenvalue weighted by atomic mass is 10.00. The minimum Gasteiger partial charge on any atom is -0.210 e. The minimum atomic E-state index is -3.41. The van der Waals surface area contributed by atoms with Gasteiger partial charge in [0, 0.05) is 11.4 Å². The average molecular weight is 348 g/mol. The summed E-state index contributed by atoms with van der Waals surface area (Å²) < 4.78 is 27.0. The topological polar surface area (TPSA) is 46.2 Å². The molecule has 0 aliphatic heterocycles. The quantitative estimate of drug-likeness (QED) is 0.767. The first-order valence-electron chi connectivity index (χ1n) is 6.61. The molecule has 108 valence electrons. The first kappa shape index (κ1) is 16.7. The van der Waals surface area contributed by atoms with Crippen LogP contribution in [-0.2, 0) is 10.0 Å². The van der Waals surface area contributed by atoms with Crippen molar-refractivity contribution in [1.82, 2.24) is 4.72 Å². The first-order chi connectivity index (χ1) is 8.90. The molecule has 0 aromatic heterocycles. The van der Waals surface area contributed by atoms with E-state index in [1.165, 1.54) is 0 Å². The zero-order chi connectivity index (χ0) is 14.5. The van der Waals surface area contributed by atoms with E-state index in [0.717, 1.165) is 18.4 Å². The molecule has 1 rings (SSSR count). The highest BCUT2D eigenvalue weighted by Gasteiger charge is 2.19. The molecule has 0 aliphatic carbocycles. The molecule has 1 atom stereocenters. The third-order valence-corrected chi connectivity index (χ3v) is 5.82. The Labute approximate surface area is 125 Å². The average Bonchev–Trinajstić information content (AvgIpc) is 2.38. The van der Waals surface area contributed by atoms with Crippen molar-refractivity contribution in [2.45, 2.75) is 43.3 Å². The predicted octanol–water partition coefficient (Wildman–Crippen LogP) is 3.47. The molecule has 1 N–H and O–H groups in total. The Balaban J connectivity index is 2.71. The normalized spacial score (nSPS) is 13.7. The summed E-state index contributed by atoms with van der Waals surface area (Å²) in [6, 6.07) is 6.95. The highest BCUT2D eigenvalue weighted by Crippen LogP contribution is 2.20. The molecule has 0 amide bonds. The lowest BCUT2D eigenvalue weighted by Gasteiger charge is -2.20. The van der Waals surface area contributed by atoms with Crippen molar-refractivity contribution in [2.75, 3.05) is 6.54 Å². The van der Waals surface area contributed by atoms with Crippen LogP contribution in [-0.4, -0.2) is 19.8 Å². The van der Waals surface area contributed by atoms with E-state index in [1.807, 2.05) is 13.0 Å². The summed E-state index contributed by atoms with van der Waals surface area (Å²) in [5, 5.41) is 0. The van der Waals surface area contributed by atoms with E-state index in [4.69, 9.17) is 0 Å². The lowest BCUT2D eigenvalue weighted by Crippen LogP contribution is -2.33. The fourth-order valence-electron chi connectivity index (χ4n) is 2.02. The molecule has 1 aromatic carbocycles. The van der Waals surface area contributed by atoms with Crippen LogP contribution in [0.25, 0.3) is 0 Å². The maximum atomic E-state index is 12.2. The summed E-state index contributed by atoms with van der Waals surface area (Å²) in [6.45, 7) is 6.55. The largest absolute Gasteiger partial charge is 0.240 e. The van der Waals surface area contributed by atoms with Gasteiger partial charge in [0.05, 0.1) is 4.90 Å². The van der Waals surface area contributed by atoms with Crippen LogP contribution in [0.5, 0.6) is 0 Å². The van der Waals surface area contributed by atoms with Gasteiger partial charge in [-0.05, 0) is 30.5 Å². The molecule has 0 aliphatic rings. The van der Waals surface area contributed by atoms with E-state index >= 15 is 0 Å². The second kappa shape index (κ2) is 7.41. The van der Waals surface area contributed by atoms with Gasteiger partial charge in [-0.3, -0.25) is 0 Å². The summed E-state index contributed by atoms with van der Waals surface area (Å²) in [7, 11) is -3.41. The molecule has 1 aromatic rings. The maximum Gasteiger partial charge on any atom is 0.240 e. The number of nitrogens with one attached hydrogen (secondary N) is 1. The fourth-order valence-corrected chi connectivity index (χ4v) is 4.31. The van der Waals surface area contributed by atoms with Gasteiger partial charge in [0.2, 0.25) is 10.0 Å². The Morgan fingerprint density at radius 3 is 2.42 bits per heavy atom. The van der Waals surface area contributed by atoms with E-state index in [-0.39, 0.29) is 4.83 Å². The van der Waals surface area contributed by atoms with Gasteiger partial charge in [-0.1, -0.05) is 54.8 Å². The Morgan fingerprint density at radius 2 is 1.89 bits per heavy atom. The molecule has 0 radical (unpaired) electrons. The summed E-state index contributed by atoms with van der Waals surface area (Å²) in [5.41, 5.74) is 0.943. The van der Waals surface area contributed by atoms with Crippen LogP contribution in [0.2, 0.25) is 0 Å². The minimum absolute atomic E-state index is 0.169. The van der Waals surface area contributed by atoms with Gasteiger partial charge in [-0.15, -0.1) is 0 Å². The number of sulfonamides is 1. The van der Waals surface area contributed by atoms with Gasteiger partial charge in [0.15, 0.2) is 0 Å². The zero-order valence-corrected chi connectivity index (χ0v) is 14.1. The van der Waals surface area contributed by atoms with Crippen molar-refractivity contribution in [3.05, 3.63) is 29.8 Å². The summed E-state index contributed by atoms with van der Waals surface area (Å²) in [6.07, 6.45) is 2.08. The van der Waals surface area contributed by atoms with E-state index < -0.39 is 10.0 Å². The molecule has 19 heavy (non-hydrogen) atoms. The molecule has 0 spiro atoms. The second-order valence-electron chi connectivity index (χ2n) is 4.76. The molecule has 0 saturated carbocycles. The molecule has 1 unspecified atom stereocenters. The van der Waals surface area contributed by atoms with Crippen molar-refractivity contribution in [2.24, 2.45) is 5.92 Å². The van der Waals surface area contributed by atoms with Crippen molar-refractivity contribution in [3.63, 3.8) is 0 Å². The van der Waals surface area contributed by atoms with E-state index in [0.29, 0.717) is 17.4 Å². The molecular formula is C14H22BrNO2S. The van der Waals surface area contributed by atoms with Gasteiger partial charge in [0.1, 0.15) is 0 Å². The van der Waals surface area contributed by atoms with Crippen molar-refractivity contribution in [3.8, 4) is 0 Å². The molecular weight excluding hydrogens is 326 g/mol. The molecule has 0 bridgehead atoms. The number of rotatable bonds is 7. The number of benzene rings is 1. The number of halogens is 1. The van der Waals surface area contributed by atoms with E-state index in [2.05, 4.69) is 34.5 Å². The van der Waals surface area contributed by atoms with Gasteiger partial charge >= 0.3 is 0 Å². The predicted molar refractivity (Wildman–Crippen MR) is 83.2 cm³/mol. The number of aryl methyl sites for hydroxylation is 1. The van der Waals surface area contributed by atoms with E-state index in [9.17, 15) is 8.42 Å². The molecule has 3 nitrogen and oxygen atoms in total. The van der Waals surface area contributed by atoms with Gasteiger partial charge in [-0.25, -0.2) is 13.1 Å². The van der Waals surface area contributed by atoms with Crippen molar-refractivity contribution in [1.29, 1.82) is 0 Å². The summed E-state index contributed by atoms with van der Waals surface area (Å²) in [4.78, 5) is 0.499. The lowest BCUT2D eigenvalue weighted by molar-refractivity contribution is 0.471. The van der Waals surface area contributed by atoms with Crippen LogP contribution in [0.1, 0.15) is 32.3 Å². The van der Waals surface area contributed by atoms with Gasteiger partial charge in [-0.2, -0.15) is 0 Å². The zero-order valence-electron chi connectivity index (χ0n) is 11.7. The molecule has 0 fully saturated rings. The van der Waals surface area contributed by atoms with Gasteiger partial charge < -0.3 is 0 Å². The molecule has 0 saturated heterocycles. The van der Waals surface area contributed by atoms with Crippen LogP contribution >= 0.6 is 15.9 Å². The first-order valence-corrected chi connectivity index (χ1v) is 9.01. The fraction of sp³-hybridized carbons (Fsp3) is 0.571.